The fourth-order valence-corrected chi connectivity index (χ4v) is 7.72. The molecule has 222 valence electrons. The number of aliphatic hydroxyl groups excluding tert-OH is 1. The summed E-state index contributed by atoms with van der Waals surface area (Å²) in [6, 6.07) is 15.4. The molecule has 6 rings (SSSR count). The molecule has 2 amide bonds. The highest BCUT2D eigenvalue weighted by atomic mass is 16.7. The number of amides is 2. The highest BCUT2D eigenvalue weighted by molar-refractivity contribution is 5.95. The van der Waals surface area contributed by atoms with Gasteiger partial charge in [-0.25, -0.2) is 0 Å². The van der Waals surface area contributed by atoms with E-state index in [9.17, 15) is 14.7 Å². The molecule has 0 aromatic heterocycles. The average Bonchev–Trinajstić information content (AvgIpc) is 3.25. The second-order valence-corrected chi connectivity index (χ2v) is 13.6. The summed E-state index contributed by atoms with van der Waals surface area (Å²) in [5.41, 5.74) is 3.89. The molecule has 4 fully saturated rings. The molecule has 2 aromatic rings. The van der Waals surface area contributed by atoms with Gasteiger partial charge in [-0.1, -0.05) is 51.1 Å². The lowest BCUT2D eigenvalue weighted by atomic mass is 9.45. The Morgan fingerprint density at radius 1 is 1.05 bits per heavy atom. The van der Waals surface area contributed by atoms with Crippen LogP contribution in [0.4, 0.5) is 0 Å². The van der Waals surface area contributed by atoms with Crippen LogP contribution in [0.25, 0.3) is 11.1 Å². The molecule has 7 nitrogen and oxygen atoms in total. The minimum atomic E-state index is -0.687. The van der Waals surface area contributed by atoms with Crippen LogP contribution in [0.2, 0.25) is 0 Å². The van der Waals surface area contributed by atoms with Crippen molar-refractivity contribution >= 4 is 11.8 Å². The summed E-state index contributed by atoms with van der Waals surface area (Å²) < 4.78 is 0. The first-order chi connectivity index (χ1) is 19.4. The fraction of sp³-hybridized carbons (Fsp3) is 0.588. The molecule has 0 unspecified atom stereocenters. The maximum absolute atomic E-state index is 13.9. The van der Waals surface area contributed by atoms with Gasteiger partial charge in [0.15, 0.2) is 0 Å². The number of carbonyl (C=O) groups is 2. The number of hydroxylamine groups is 2. The topological polar surface area (TPSA) is 90.9 Å². The number of fused-ring (bicyclic) bond motifs is 2. The van der Waals surface area contributed by atoms with Gasteiger partial charge in [0, 0.05) is 23.6 Å². The Hall–Kier alpha value is -2.74. The first-order valence-electron chi connectivity index (χ1n) is 15.3. The zero-order chi connectivity index (χ0) is 29.6. The molecular weight excluding hydrogens is 514 g/mol. The summed E-state index contributed by atoms with van der Waals surface area (Å²) in [6.07, 6.45) is 1.29. The third kappa shape index (κ3) is 5.81. The van der Waals surface area contributed by atoms with Gasteiger partial charge in [-0.15, -0.1) is 0 Å². The zero-order valence-corrected chi connectivity index (χ0v) is 25.6. The molecule has 2 bridgehead atoms. The molecule has 1 heterocycles. The number of nitrogens with zero attached hydrogens (tertiary/aromatic N) is 1. The Bertz CT molecular complexity index is 1270. The van der Waals surface area contributed by atoms with E-state index in [2.05, 4.69) is 37.5 Å². The highest BCUT2D eigenvalue weighted by Crippen LogP contribution is 2.61. The van der Waals surface area contributed by atoms with Gasteiger partial charge in [-0.2, -0.15) is 5.06 Å². The maximum atomic E-state index is 13.9. The van der Waals surface area contributed by atoms with Gasteiger partial charge in [0.05, 0.1) is 18.8 Å². The van der Waals surface area contributed by atoms with Crippen molar-refractivity contribution < 1.29 is 19.5 Å². The molecule has 3 aliphatic carbocycles. The van der Waals surface area contributed by atoms with Gasteiger partial charge in [-0.3, -0.25) is 14.4 Å². The summed E-state index contributed by atoms with van der Waals surface area (Å²) in [6.45, 7) is 15.0. The van der Waals surface area contributed by atoms with Gasteiger partial charge < -0.3 is 15.7 Å². The lowest BCUT2D eigenvalue weighted by Crippen LogP contribution is -2.62. The number of benzene rings is 2. The molecule has 3 N–H and O–H groups in total. The SMILES string of the molecule is CC(C)NC(=O)c1cccc(-c2cccc(CN3O[C@@H](C)[C@@H]([C@H](C)O)[C@H]3C(=O)N[C@H]3C[C@H]4C[C@@H]([C@@H]3C)C4(C)C)c2)c1. The Kier molecular flexibility index (Phi) is 8.34. The van der Waals surface area contributed by atoms with E-state index in [0.717, 1.165) is 23.1 Å². The van der Waals surface area contributed by atoms with Crippen LogP contribution in [0.5, 0.6) is 0 Å². The van der Waals surface area contributed by atoms with E-state index in [0.29, 0.717) is 35.3 Å². The van der Waals surface area contributed by atoms with Crippen LogP contribution in [0, 0.1) is 29.1 Å². The van der Waals surface area contributed by atoms with Gasteiger partial charge in [0.1, 0.15) is 6.04 Å². The van der Waals surface area contributed by atoms with Crippen LogP contribution in [-0.4, -0.2) is 52.3 Å². The molecule has 3 saturated carbocycles. The van der Waals surface area contributed by atoms with Gasteiger partial charge in [0.25, 0.3) is 5.91 Å². The van der Waals surface area contributed by atoms with Crippen molar-refractivity contribution in [2.24, 2.45) is 29.1 Å². The van der Waals surface area contributed by atoms with Gasteiger partial charge >= 0.3 is 0 Å². The summed E-state index contributed by atoms with van der Waals surface area (Å²) >= 11 is 0. The van der Waals surface area contributed by atoms with Crippen LogP contribution in [0.3, 0.4) is 0 Å². The highest BCUT2D eigenvalue weighted by Gasteiger charge is 2.57. The van der Waals surface area contributed by atoms with Crippen LogP contribution in [-0.2, 0) is 16.2 Å². The third-order valence-corrected chi connectivity index (χ3v) is 10.2. The Balaban J connectivity index is 1.34. The fourth-order valence-electron chi connectivity index (χ4n) is 7.72. The van der Waals surface area contributed by atoms with Crippen molar-refractivity contribution in [1.82, 2.24) is 15.7 Å². The van der Waals surface area contributed by atoms with Crippen molar-refractivity contribution in [1.29, 1.82) is 0 Å². The number of hydrogen-bond donors (Lipinski definition) is 3. The zero-order valence-electron chi connectivity index (χ0n) is 25.6. The minimum absolute atomic E-state index is 0.0590. The largest absolute Gasteiger partial charge is 0.393 e. The van der Waals surface area contributed by atoms with E-state index in [1.54, 1.807) is 12.0 Å². The van der Waals surface area contributed by atoms with E-state index in [1.807, 2.05) is 63.2 Å². The van der Waals surface area contributed by atoms with Crippen LogP contribution in [0.1, 0.15) is 77.2 Å². The number of rotatable bonds is 8. The predicted octanol–water partition coefficient (Wildman–Crippen LogP) is 5.18. The first-order valence-corrected chi connectivity index (χ1v) is 15.3. The van der Waals surface area contributed by atoms with Crippen LogP contribution >= 0.6 is 0 Å². The molecule has 2 aromatic carbocycles. The second kappa shape index (κ2) is 11.5. The molecule has 0 radical (unpaired) electrons. The molecular formula is C34H47N3O4. The van der Waals surface area contributed by atoms with Crippen molar-refractivity contribution in [3.05, 3.63) is 59.7 Å². The number of aliphatic hydroxyl groups is 1. The second-order valence-electron chi connectivity index (χ2n) is 13.6. The Morgan fingerprint density at radius 2 is 1.73 bits per heavy atom. The number of carbonyl (C=O) groups excluding carboxylic acids is 2. The third-order valence-electron chi connectivity index (χ3n) is 10.2. The number of nitrogens with one attached hydrogen (secondary N) is 2. The van der Waals surface area contributed by atoms with Crippen molar-refractivity contribution in [2.45, 2.75) is 98.2 Å². The van der Waals surface area contributed by atoms with Crippen LogP contribution < -0.4 is 10.6 Å². The molecule has 1 aliphatic heterocycles. The maximum Gasteiger partial charge on any atom is 0.251 e. The van der Waals surface area contributed by atoms with E-state index in [-0.39, 0.29) is 35.9 Å². The summed E-state index contributed by atoms with van der Waals surface area (Å²) in [4.78, 5) is 32.7. The monoisotopic (exact) mass is 561 g/mol. The predicted molar refractivity (Wildman–Crippen MR) is 161 cm³/mol. The summed E-state index contributed by atoms with van der Waals surface area (Å²) in [5, 5.41) is 18.8. The van der Waals surface area contributed by atoms with Crippen molar-refractivity contribution in [3.8, 4) is 11.1 Å². The summed E-state index contributed by atoms with van der Waals surface area (Å²) in [5.74, 6) is 1.21. The molecule has 1 saturated heterocycles. The smallest absolute Gasteiger partial charge is 0.251 e. The molecule has 4 aliphatic rings. The molecule has 7 heteroatoms. The van der Waals surface area contributed by atoms with Crippen molar-refractivity contribution in [3.63, 3.8) is 0 Å². The summed E-state index contributed by atoms with van der Waals surface area (Å²) in [7, 11) is 0. The molecule has 41 heavy (non-hydrogen) atoms. The van der Waals surface area contributed by atoms with E-state index >= 15 is 0 Å². The van der Waals surface area contributed by atoms with E-state index in [4.69, 9.17) is 4.84 Å². The van der Waals surface area contributed by atoms with Gasteiger partial charge in [-0.05, 0) is 98.6 Å². The first kappa shape index (κ1) is 29.7. The lowest BCUT2D eigenvalue weighted by Gasteiger charge is -2.62. The van der Waals surface area contributed by atoms with Gasteiger partial charge in [0.2, 0.25) is 5.91 Å². The molecule has 8 atom stereocenters. The Morgan fingerprint density at radius 3 is 2.37 bits per heavy atom. The minimum Gasteiger partial charge on any atom is -0.393 e. The quantitative estimate of drug-likeness (QED) is 0.413. The van der Waals surface area contributed by atoms with Crippen molar-refractivity contribution in [2.75, 3.05) is 0 Å². The van der Waals surface area contributed by atoms with E-state index < -0.39 is 12.1 Å². The average molecular weight is 562 g/mol. The van der Waals surface area contributed by atoms with Crippen LogP contribution in [0.15, 0.2) is 48.5 Å². The normalized spacial score (nSPS) is 31.4. The molecule has 0 spiro atoms. The standard InChI is InChI=1S/C34H47N3O4/c1-19(2)35-32(39)26-13-9-12-25(15-26)24-11-8-10-23(14-24)18-37-31(30(21(4)38)22(5)41-37)33(40)36-29-17-27-16-28(20(29)3)34(27,6)7/h8-15,19-22,27-31,38H,16-18H2,1-7H3,(H,35,39)(H,36,40)/t20-,21-,22-,27+,28-,29-,30+,31-/m0/s1. The number of hydrogen-bond acceptors (Lipinski definition) is 5. The lowest BCUT2D eigenvalue weighted by molar-refractivity contribution is -0.174. The van der Waals surface area contributed by atoms with E-state index in [1.165, 1.54) is 6.42 Å². The Labute approximate surface area is 245 Å².